The predicted octanol–water partition coefficient (Wildman–Crippen LogP) is 5.07. The van der Waals surface area contributed by atoms with E-state index in [1.807, 2.05) is 28.8 Å². The van der Waals surface area contributed by atoms with Gasteiger partial charge in [0, 0.05) is 24.3 Å². The highest BCUT2D eigenvalue weighted by Gasteiger charge is 2.18. The van der Waals surface area contributed by atoms with Gasteiger partial charge in [-0.1, -0.05) is 12.1 Å². The van der Waals surface area contributed by atoms with Gasteiger partial charge >= 0.3 is 0 Å². The van der Waals surface area contributed by atoms with Crippen molar-refractivity contribution in [2.75, 3.05) is 4.90 Å². The molecule has 0 fully saturated rings. The number of carbonyl (C=O) groups excluding carboxylic acids is 1. The number of fused-ring (bicyclic) bond motifs is 1. The number of hydrogen-bond donors (Lipinski definition) is 0. The van der Waals surface area contributed by atoms with Crippen LogP contribution in [-0.2, 0) is 11.3 Å². The zero-order valence-corrected chi connectivity index (χ0v) is 14.9. The molecule has 0 aliphatic rings. The molecule has 0 radical (unpaired) electrons. The molecule has 6 heteroatoms. The maximum Gasteiger partial charge on any atom is 0.233 e. The van der Waals surface area contributed by atoms with Crippen LogP contribution in [0.2, 0.25) is 0 Å². The molecule has 0 bridgehead atoms. The minimum atomic E-state index is -0.389. The van der Waals surface area contributed by atoms with E-state index in [2.05, 4.69) is 4.98 Å². The molecule has 0 unspecified atom stereocenters. The Morgan fingerprint density at radius 3 is 2.04 bits per heavy atom. The number of aromatic nitrogens is 2. The number of rotatable bonds is 5. The normalized spacial score (nSPS) is 10.9. The zero-order chi connectivity index (χ0) is 19.5. The van der Waals surface area contributed by atoms with E-state index in [-0.39, 0.29) is 24.0 Å². The van der Waals surface area contributed by atoms with Crippen molar-refractivity contribution in [1.29, 1.82) is 0 Å². The predicted molar refractivity (Wildman–Crippen MR) is 104 cm³/mol. The Balaban J connectivity index is 1.61. The molecule has 1 aromatic heterocycles. The van der Waals surface area contributed by atoms with Gasteiger partial charge in [0.05, 0.1) is 17.4 Å². The quantitative estimate of drug-likeness (QED) is 0.487. The zero-order valence-electron chi connectivity index (χ0n) is 14.9. The van der Waals surface area contributed by atoms with Crippen LogP contribution in [0, 0.1) is 11.6 Å². The number of anilines is 2. The van der Waals surface area contributed by atoms with Crippen molar-refractivity contribution in [2.45, 2.75) is 13.0 Å². The molecule has 0 saturated heterocycles. The van der Waals surface area contributed by atoms with Gasteiger partial charge in [0.25, 0.3) is 0 Å². The second kappa shape index (κ2) is 7.60. The molecule has 0 aliphatic carbocycles. The van der Waals surface area contributed by atoms with Gasteiger partial charge in [-0.2, -0.15) is 0 Å². The highest BCUT2D eigenvalue weighted by atomic mass is 19.1. The third-order valence-electron chi connectivity index (χ3n) is 4.51. The number of carbonyl (C=O) groups is 1. The minimum absolute atomic E-state index is 0.184. The van der Waals surface area contributed by atoms with Crippen LogP contribution >= 0.6 is 0 Å². The number of amides is 1. The Morgan fingerprint density at radius 2 is 1.43 bits per heavy atom. The van der Waals surface area contributed by atoms with Crippen LogP contribution < -0.4 is 4.90 Å². The van der Waals surface area contributed by atoms with E-state index >= 15 is 0 Å². The fourth-order valence-electron chi connectivity index (χ4n) is 3.13. The summed E-state index contributed by atoms with van der Waals surface area (Å²) in [6, 6.07) is 19.0. The van der Waals surface area contributed by atoms with Gasteiger partial charge in [0.15, 0.2) is 0 Å². The van der Waals surface area contributed by atoms with Crippen LogP contribution in [0.5, 0.6) is 0 Å². The molecule has 0 saturated carbocycles. The van der Waals surface area contributed by atoms with Gasteiger partial charge in [-0.3, -0.25) is 9.69 Å². The summed E-state index contributed by atoms with van der Waals surface area (Å²) in [6.07, 6.45) is 1.91. The summed E-state index contributed by atoms with van der Waals surface area (Å²) in [5.41, 5.74) is 2.86. The average molecular weight is 377 g/mol. The second-order valence-corrected chi connectivity index (χ2v) is 6.36. The van der Waals surface area contributed by atoms with E-state index in [9.17, 15) is 13.6 Å². The van der Waals surface area contributed by atoms with Crippen molar-refractivity contribution in [2.24, 2.45) is 0 Å². The van der Waals surface area contributed by atoms with E-state index in [0.717, 1.165) is 11.0 Å². The summed E-state index contributed by atoms with van der Waals surface area (Å²) in [5.74, 6) is -0.962. The number of aryl methyl sites for hydroxylation is 1. The molecule has 1 amide bonds. The summed E-state index contributed by atoms with van der Waals surface area (Å²) >= 11 is 0. The SMILES string of the molecule is O=C(CCn1cnc2ccccc21)N(c1ccc(F)cc1)c1ccc(F)cc1. The Bertz CT molecular complexity index is 1060. The molecule has 3 aromatic carbocycles. The lowest BCUT2D eigenvalue weighted by Crippen LogP contribution is -2.26. The lowest BCUT2D eigenvalue weighted by molar-refractivity contribution is -0.118. The molecule has 0 spiro atoms. The van der Waals surface area contributed by atoms with Gasteiger partial charge in [0.2, 0.25) is 5.91 Å². The summed E-state index contributed by atoms with van der Waals surface area (Å²) in [6.45, 7) is 0.443. The molecule has 4 rings (SSSR count). The summed E-state index contributed by atoms with van der Waals surface area (Å²) < 4.78 is 28.6. The molecule has 28 heavy (non-hydrogen) atoms. The number of nitrogens with zero attached hydrogens (tertiary/aromatic N) is 3. The van der Waals surface area contributed by atoms with E-state index in [1.54, 1.807) is 6.33 Å². The molecule has 4 nitrogen and oxygen atoms in total. The third-order valence-corrected chi connectivity index (χ3v) is 4.51. The standard InChI is InChI=1S/C22H17F2N3O/c23-16-5-9-18(10-6-16)27(19-11-7-17(24)8-12-19)22(28)13-14-26-15-25-20-3-1-2-4-21(20)26/h1-12,15H,13-14H2. The number of halogens is 2. The summed E-state index contributed by atoms with van der Waals surface area (Å²) in [4.78, 5) is 18.9. The highest BCUT2D eigenvalue weighted by Crippen LogP contribution is 2.27. The Labute approximate surface area is 160 Å². The highest BCUT2D eigenvalue weighted by molar-refractivity contribution is 6.00. The Kier molecular flexibility index (Phi) is 4.85. The van der Waals surface area contributed by atoms with Crippen LogP contribution in [0.15, 0.2) is 79.1 Å². The van der Waals surface area contributed by atoms with Gasteiger partial charge < -0.3 is 4.57 Å². The number of benzene rings is 3. The Morgan fingerprint density at radius 1 is 0.857 bits per heavy atom. The van der Waals surface area contributed by atoms with Crippen LogP contribution in [0.4, 0.5) is 20.2 Å². The van der Waals surface area contributed by atoms with E-state index in [0.29, 0.717) is 17.9 Å². The van der Waals surface area contributed by atoms with Crippen molar-refractivity contribution in [3.05, 3.63) is 90.8 Å². The maximum atomic E-state index is 13.3. The molecular formula is C22H17F2N3O. The van der Waals surface area contributed by atoms with Gasteiger partial charge in [-0.15, -0.1) is 0 Å². The van der Waals surface area contributed by atoms with Crippen LogP contribution in [0.3, 0.4) is 0 Å². The van der Waals surface area contributed by atoms with Gasteiger partial charge in [-0.05, 0) is 60.7 Å². The summed E-state index contributed by atoms with van der Waals surface area (Å²) in [5, 5.41) is 0. The van der Waals surface area contributed by atoms with Crippen LogP contribution in [0.1, 0.15) is 6.42 Å². The largest absolute Gasteiger partial charge is 0.330 e. The molecule has 4 aromatic rings. The van der Waals surface area contributed by atoms with Crippen molar-refractivity contribution in [3.63, 3.8) is 0 Å². The number of para-hydroxylation sites is 2. The van der Waals surface area contributed by atoms with Crippen molar-refractivity contribution >= 4 is 28.3 Å². The van der Waals surface area contributed by atoms with Crippen molar-refractivity contribution in [1.82, 2.24) is 9.55 Å². The van der Waals surface area contributed by atoms with E-state index in [1.165, 1.54) is 53.4 Å². The summed E-state index contributed by atoms with van der Waals surface area (Å²) in [7, 11) is 0. The van der Waals surface area contributed by atoms with Gasteiger partial charge in [-0.25, -0.2) is 13.8 Å². The van der Waals surface area contributed by atoms with Crippen molar-refractivity contribution in [3.8, 4) is 0 Å². The fourth-order valence-corrected chi connectivity index (χ4v) is 3.13. The third kappa shape index (κ3) is 3.62. The molecule has 0 aliphatic heterocycles. The first-order valence-corrected chi connectivity index (χ1v) is 8.86. The van der Waals surface area contributed by atoms with Gasteiger partial charge in [0.1, 0.15) is 11.6 Å². The van der Waals surface area contributed by atoms with Crippen LogP contribution in [0.25, 0.3) is 11.0 Å². The number of hydrogen-bond acceptors (Lipinski definition) is 2. The lowest BCUT2D eigenvalue weighted by Gasteiger charge is -2.23. The smallest absolute Gasteiger partial charge is 0.233 e. The maximum absolute atomic E-state index is 13.3. The molecule has 0 atom stereocenters. The lowest BCUT2D eigenvalue weighted by atomic mass is 10.2. The monoisotopic (exact) mass is 377 g/mol. The molecule has 0 N–H and O–H groups in total. The fraction of sp³-hybridized carbons (Fsp3) is 0.0909. The van der Waals surface area contributed by atoms with Crippen molar-refractivity contribution < 1.29 is 13.6 Å². The van der Waals surface area contributed by atoms with E-state index < -0.39 is 0 Å². The Hall–Kier alpha value is -3.54. The minimum Gasteiger partial charge on any atom is -0.330 e. The average Bonchev–Trinajstić information content (AvgIpc) is 3.13. The molecular weight excluding hydrogens is 360 g/mol. The first kappa shape index (κ1) is 17.9. The number of imidazole rings is 1. The van der Waals surface area contributed by atoms with E-state index in [4.69, 9.17) is 0 Å². The molecule has 140 valence electrons. The first-order chi connectivity index (χ1) is 13.6. The molecule has 1 heterocycles. The topological polar surface area (TPSA) is 38.1 Å². The van der Waals surface area contributed by atoms with Crippen LogP contribution in [-0.4, -0.2) is 15.5 Å². The first-order valence-electron chi connectivity index (χ1n) is 8.86. The second-order valence-electron chi connectivity index (χ2n) is 6.36.